The zero-order valence-corrected chi connectivity index (χ0v) is 14.8. The van der Waals surface area contributed by atoms with Crippen molar-refractivity contribution in [1.29, 1.82) is 0 Å². The van der Waals surface area contributed by atoms with Gasteiger partial charge in [-0.3, -0.25) is 9.79 Å². The van der Waals surface area contributed by atoms with Crippen LogP contribution in [0.15, 0.2) is 29.3 Å². The van der Waals surface area contributed by atoms with Crippen LogP contribution in [0.4, 0.5) is 5.69 Å². The summed E-state index contributed by atoms with van der Waals surface area (Å²) in [5.41, 5.74) is 1.94. The highest BCUT2D eigenvalue weighted by Crippen LogP contribution is 2.45. The maximum Gasteiger partial charge on any atom is 0.243 e. The van der Waals surface area contributed by atoms with Gasteiger partial charge in [-0.1, -0.05) is 24.8 Å². The van der Waals surface area contributed by atoms with Crippen molar-refractivity contribution in [1.82, 2.24) is 10.2 Å². The van der Waals surface area contributed by atoms with Crippen molar-refractivity contribution >= 4 is 17.6 Å². The summed E-state index contributed by atoms with van der Waals surface area (Å²) in [6, 6.07) is 7.29. The molecule has 1 aromatic carbocycles. The number of anilines is 1. The fourth-order valence-corrected chi connectivity index (χ4v) is 4.03. The summed E-state index contributed by atoms with van der Waals surface area (Å²) in [4.78, 5) is 18.8. The molecule has 5 nitrogen and oxygen atoms in total. The molecule has 1 aromatic rings. The van der Waals surface area contributed by atoms with E-state index in [1.54, 1.807) is 13.1 Å². The lowest BCUT2D eigenvalue weighted by Crippen LogP contribution is -2.44. The Balaban J connectivity index is 1.51. The van der Waals surface area contributed by atoms with Crippen LogP contribution in [0.25, 0.3) is 0 Å². The van der Waals surface area contributed by atoms with Crippen LogP contribution in [-0.4, -0.2) is 43.4 Å². The minimum atomic E-state index is -0.106. The highest BCUT2D eigenvalue weighted by atomic mass is 16.1. The largest absolute Gasteiger partial charge is 0.347 e. The first-order valence-corrected chi connectivity index (χ1v) is 8.96. The fourth-order valence-electron chi connectivity index (χ4n) is 4.03. The number of aliphatic imine (C=N–C) groups is 1. The molecule has 25 heavy (non-hydrogen) atoms. The van der Waals surface area contributed by atoms with Gasteiger partial charge in [-0.2, -0.15) is 0 Å². The first-order valence-electron chi connectivity index (χ1n) is 8.96. The van der Waals surface area contributed by atoms with Gasteiger partial charge in [0.2, 0.25) is 5.91 Å². The molecule has 1 spiro atoms. The zero-order valence-electron chi connectivity index (χ0n) is 14.8. The number of benzene rings is 1. The number of carbonyl (C=O) groups is 1. The molecule has 3 rings (SSSR count). The minimum Gasteiger partial charge on any atom is -0.347 e. The van der Waals surface area contributed by atoms with Crippen LogP contribution in [0.3, 0.4) is 0 Å². The number of rotatable bonds is 3. The van der Waals surface area contributed by atoms with E-state index < -0.39 is 0 Å². The first-order chi connectivity index (χ1) is 12.1. The lowest BCUT2D eigenvalue weighted by atomic mass is 9.86. The molecule has 1 amide bonds. The quantitative estimate of drug-likeness (QED) is 0.506. The van der Waals surface area contributed by atoms with E-state index in [4.69, 9.17) is 6.42 Å². The Morgan fingerprint density at radius 3 is 2.88 bits per heavy atom. The number of hydrogen-bond acceptors (Lipinski definition) is 2. The molecular formula is C20H26N4O. The maximum absolute atomic E-state index is 12.2. The Labute approximate surface area is 149 Å². The lowest BCUT2D eigenvalue weighted by Gasteiger charge is -2.25. The molecule has 2 N–H and O–H groups in total. The molecule has 0 aromatic heterocycles. The van der Waals surface area contributed by atoms with Crippen LogP contribution >= 0.6 is 0 Å². The molecule has 1 saturated carbocycles. The van der Waals surface area contributed by atoms with E-state index in [0.29, 0.717) is 11.1 Å². The average Bonchev–Trinajstić information content (AvgIpc) is 3.26. The molecule has 0 bridgehead atoms. The molecule has 1 aliphatic carbocycles. The van der Waals surface area contributed by atoms with Crippen LogP contribution < -0.4 is 10.6 Å². The van der Waals surface area contributed by atoms with Crippen molar-refractivity contribution in [2.75, 3.05) is 32.0 Å². The number of likely N-dealkylation sites (tertiary alicyclic amines) is 1. The Hall–Kier alpha value is -2.48. The van der Waals surface area contributed by atoms with Gasteiger partial charge in [0.05, 0.1) is 6.54 Å². The first kappa shape index (κ1) is 17.3. The fraction of sp³-hybridized carbons (Fsp3) is 0.500. The van der Waals surface area contributed by atoms with Crippen molar-refractivity contribution in [2.24, 2.45) is 10.4 Å². The third kappa shape index (κ3) is 4.14. The molecular weight excluding hydrogens is 312 g/mol. The number of guanidine groups is 1. The van der Waals surface area contributed by atoms with Crippen molar-refractivity contribution < 1.29 is 4.79 Å². The van der Waals surface area contributed by atoms with Crippen LogP contribution in [0.2, 0.25) is 0 Å². The lowest BCUT2D eigenvalue weighted by molar-refractivity contribution is -0.115. The van der Waals surface area contributed by atoms with Crippen LogP contribution in [0.5, 0.6) is 0 Å². The molecule has 2 aliphatic rings. The second-order valence-electron chi connectivity index (χ2n) is 7.05. The maximum atomic E-state index is 12.2. The van der Waals surface area contributed by atoms with Gasteiger partial charge in [-0.15, -0.1) is 6.42 Å². The smallest absolute Gasteiger partial charge is 0.243 e. The van der Waals surface area contributed by atoms with Crippen LogP contribution in [0, 0.1) is 17.8 Å². The van der Waals surface area contributed by atoms with Gasteiger partial charge < -0.3 is 15.5 Å². The normalized spacial score (nSPS) is 19.0. The number of nitrogens with one attached hydrogen (secondary N) is 2. The number of terminal acetylenes is 1. The standard InChI is InChI=1S/C20H26N4O/c1-3-16-7-6-8-17(13-16)23-18(25)14-22-19(21-2)24-12-11-20(15-24)9-4-5-10-20/h1,6-8,13H,4-5,9-12,14-15H2,2H3,(H,21,22)(H,23,25). The van der Waals surface area contributed by atoms with Crippen molar-refractivity contribution in [3.05, 3.63) is 29.8 Å². The summed E-state index contributed by atoms with van der Waals surface area (Å²) in [5.74, 6) is 3.28. The zero-order chi connectivity index (χ0) is 17.7. The third-order valence-corrected chi connectivity index (χ3v) is 5.33. The average molecular weight is 338 g/mol. The summed E-state index contributed by atoms with van der Waals surface area (Å²) in [5, 5.41) is 6.05. The summed E-state index contributed by atoms with van der Waals surface area (Å²) >= 11 is 0. The molecule has 1 heterocycles. The second-order valence-corrected chi connectivity index (χ2v) is 7.05. The highest BCUT2D eigenvalue weighted by molar-refractivity contribution is 5.95. The Morgan fingerprint density at radius 1 is 1.36 bits per heavy atom. The SMILES string of the molecule is C#Cc1cccc(NC(=O)CNC(=NC)N2CCC3(CCCC3)C2)c1. The van der Waals surface area contributed by atoms with E-state index in [-0.39, 0.29) is 12.5 Å². The van der Waals surface area contributed by atoms with Crippen LogP contribution in [0.1, 0.15) is 37.7 Å². The topological polar surface area (TPSA) is 56.7 Å². The molecule has 132 valence electrons. The van der Waals surface area contributed by atoms with Gasteiger partial charge in [0.1, 0.15) is 0 Å². The predicted molar refractivity (Wildman–Crippen MR) is 101 cm³/mol. The summed E-state index contributed by atoms with van der Waals surface area (Å²) in [6.45, 7) is 2.26. The summed E-state index contributed by atoms with van der Waals surface area (Å²) in [7, 11) is 1.77. The highest BCUT2D eigenvalue weighted by Gasteiger charge is 2.41. The van der Waals surface area contributed by atoms with E-state index in [1.807, 2.05) is 18.2 Å². The molecule has 5 heteroatoms. The molecule has 1 aliphatic heterocycles. The Bertz CT molecular complexity index is 698. The third-order valence-electron chi connectivity index (χ3n) is 5.33. The van der Waals surface area contributed by atoms with Crippen molar-refractivity contribution in [3.8, 4) is 12.3 Å². The van der Waals surface area contributed by atoms with Crippen molar-refractivity contribution in [2.45, 2.75) is 32.1 Å². The van der Waals surface area contributed by atoms with Gasteiger partial charge in [0, 0.05) is 31.4 Å². The molecule has 0 unspecified atom stereocenters. The molecule has 1 saturated heterocycles. The predicted octanol–water partition coefficient (Wildman–Crippen LogP) is 2.45. The summed E-state index contributed by atoms with van der Waals surface area (Å²) in [6.07, 6.45) is 12.0. The van der Waals surface area contributed by atoms with Gasteiger partial charge in [0.25, 0.3) is 0 Å². The van der Waals surface area contributed by atoms with E-state index >= 15 is 0 Å². The van der Waals surface area contributed by atoms with Crippen LogP contribution in [-0.2, 0) is 4.79 Å². The van der Waals surface area contributed by atoms with Gasteiger partial charge >= 0.3 is 0 Å². The Kier molecular flexibility index (Phi) is 5.28. The number of carbonyl (C=O) groups excluding carboxylic acids is 1. The number of nitrogens with zero attached hydrogens (tertiary/aromatic N) is 2. The molecule has 2 fully saturated rings. The molecule has 0 radical (unpaired) electrons. The monoisotopic (exact) mass is 338 g/mol. The van der Waals surface area contributed by atoms with Gasteiger partial charge in [-0.25, -0.2) is 0 Å². The summed E-state index contributed by atoms with van der Waals surface area (Å²) < 4.78 is 0. The van der Waals surface area contributed by atoms with Gasteiger partial charge in [-0.05, 0) is 42.9 Å². The number of amides is 1. The van der Waals surface area contributed by atoms with Crippen molar-refractivity contribution in [3.63, 3.8) is 0 Å². The van der Waals surface area contributed by atoms with E-state index in [9.17, 15) is 4.79 Å². The van der Waals surface area contributed by atoms with E-state index in [0.717, 1.165) is 24.6 Å². The Morgan fingerprint density at radius 2 is 2.16 bits per heavy atom. The number of hydrogen-bond donors (Lipinski definition) is 2. The molecule has 0 atom stereocenters. The van der Waals surface area contributed by atoms with E-state index in [2.05, 4.69) is 26.4 Å². The van der Waals surface area contributed by atoms with Gasteiger partial charge in [0.15, 0.2) is 5.96 Å². The second kappa shape index (κ2) is 7.60. The minimum absolute atomic E-state index is 0.106. The van der Waals surface area contributed by atoms with E-state index in [1.165, 1.54) is 32.1 Å².